The number of benzene rings is 1. The molecule has 0 radical (unpaired) electrons. The van der Waals surface area contributed by atoms with E-state index in [1.807, 2.05) is 0 Å². The summed E-state index contributed by atoms with van der Waals surface area (Å²) >= 11 is 6.53. The van der Waals surface area contributed by atoms with Crippen molar-refractivity contribution in [3.63, 3.8) is 0 Å². The van der Waals surface area contributed by atoms with Crippen molar-refractivity contribution in [1.82, 2.24) is 0 Å². The number of nitrogens with two attached hydrogens (primary N) is 1. The molecule has 2 rings (SSSR count). The van der Waals surface area contributed by atoms with Crippen LogP contribution in [-0.2, 0) is 4.79 Å². The molecule has 0 bridgehead atoms. The van der Waals surface area contributed by atoms with Gasteiger partial charge >= 0.3 is 0 Å². The van der Waals surface area contributed by atoms with Crippen molar-refractivity contribution in [1.29, 1.82) is 0 Å². The molecule has 1 aromatic rings. The van der Waals surface area contributed by atoms with Crippen molar-refractivity contribution >= 4 is 49.1 Å². The van der Waals surface area contributed by atoms with Crippen LogP contribution in [0.4, 0.5) is 15.8 Å². The molecule has 1 saturated heterocycles. The predicted molar refractivity (Wildman–Crippen MR) is 68.2 cm³/mol. The molecule has 1 heterocycles. The summed E-state index contributed by atoms with van der Waals surface area (Å²) in [6.45, 7) is 0.513. The SMILES string of the molecule is Nc1c(Br)cc(F)cc1N1CC(Br)CC1=O. The minimum Gasteiger partial charge on any atom is -0.396 e. The largest absolute Gasteiger partial charge is 0.396 e. The number of carbonyl (C=O) groups excluding carboxylic acids is 1. The summed E-state index contributed by atoms with van der Waals surface area (Å²) in [5, 5.41) is 0. The maximum atomic E-state index is 13.3. The first-order chi connectivity index (χ1) is 7.49. The molecule has 2 N–H and O–H groups in total. The number of anilines is 2. The van der Waals surface area contributed by atoms with Gasteiger partial charge < -0.3 is 10.6 Å². The van der Waals surface area contributed by atoms with Crippen molar-refractivity contribution in [2.45, 2.75) is 11.2 Å². The maximum absolute atomic E-state index is 13.3. The number of nitrogens with zero attached hydrogens (tertiary/aromatic N) is 1. The Hall–Kier alpha value is -0.620. The molecule has 0 aromatic heterocycles. The summed E-state index contributed by atoms with van der Waals surface area (Å²) in [5.41, 5.74) is 6.63. The number of amides is 1. The zero-order valence-corrected chi connectivity index (χ0v) is 11.4. The number of rotatable bonds is 1. The van der Waals surface area contributed by atoms with Crippen LogP contribution in [0, 0.1) is 5.82 Å². The van der Waals surface area contributed by atoms with Crippen LogP contribution in [0.25, 0.3) is 0 Å². The van der Waals surface area contributed by atoms with E-state index in [0.29, 0.717) is 28.8 Å². The molecule has 1 aliphatic rings. The third-order valence-electron chi connectivity index (χ3n) is 2.44. The first kappa shape index (κ1) is 11.9. The third kappa shape index (κ3) is 2.08. The lowest BCUT2D eigenvalue weighted by atomic mass is 10.2. The average Bonchev–Trinajstić information content (AvgIpc) is 2.51. The molecular formula is C10H9Br2FN2O. The molecule has 3 nitrogen and oxygen atoms in total. The minimum absolute atomic E-state index is 0.0499. The van der Waals surface area contributed by atoms with Gasteiger partial charge in [-0.3, -0.25) is 4.79 Å². The molecule has 1 amide bonds. The van der Waals surface area contributed by atoms with Gasteiger partial charge in [-0.1, -0.05) is 15.9 Å². The standard InChI is InChI=1S/C10H9Br2FN2O/c11-5-1-9(16)15(4-5)8-3-6(13)2-7(12)10(8)14/h2-3,5H,1,4,14H2. The number of halogens is 3. The molecule has 6 heteroatoms. The van der Waals surface area contributed by atoms with E-state index in [-0.39, 0.29) is 10.7 Å². The van der Waals surface area contributed by atoms with Crippen molar-refractivity contribution in [2.75, 3.05) is 17.2 Å². The summed E-state index contributed by atoms with van der Waals surface area (Å²) in [4.78, 5) is 13.3. The Balaban J connectivity index is 2.44. The van der Waals surface area contributed by atoms with E-state index in [1.165, 1.54) is 17.0 Å². The average molecular weight is 352 g/mol. The van der Waals surface area contributed by atoms with Gasteiger partial charge in [0, 0.05) is 22.3 Å². The highest BCUT2D eigenvalue weighted by atomic mass is 79.9. The van der Waals surface area contributed by atoms with E-state index >= 15 is 0 Å². The fourth-order valence-corrected chi connectivity index (χ4v) is 2.68. The van der Waals surface area contributed by atoms with Crippen molar-refractivity contribution < 1.29 is 9.18 Å². The monoisotopic (exact) mass is 350 g/mol. The van der Waals surface area contributed by atoms with Crippen LogP contribution in [0.5, 0.6) is 0 Å². The summed E-state index contributed by atoms with van der Waals surface area (Å²) in [7, 11) is 0. The highest BCUT2D eigenvalue weighted by Crippen LogP contribution is 2.35. The molecule has 16 heavy (non-hydrogen) atoms. The van der Waals surface area contributed by atoms with Gasteiger partial charge in [0.25, 0.3) is 0 Å². The Morgan fingerprint density at radius 3 is 2.75 bits per heavy atom. The van der Waals surface area contributed by atoms with Crippen LogP contribution < -0.4 is 10.6 Å². The molecule has 0 aliphatic carbocycles. The Kier molecular flexibility index (Phi) is 3.21. The van der Waals surface area contributed by atoms with Crippen molar-refractivity contribution in [2.24, 2.45) is 0 Å². The van der Waals surface area contributed by atoms with E-state index in [4.69, 9.17) is 5.73 Å². The van der Waals surface area contributed by atoms with Gasteiger partial charge in [0.15, 0.2) is 0 Å². The fourth-order valence-electron chi connectivity index (χ4n) is 1.69. The quantitative estimate of drug-likeness (QED) is 0.624. The number of hydrogen-bond donors (Lipinski definition) is 1. The molecule has 1 fully saturated rings. The summed E-state index contributed by atoms with van der Waals surface area (Å²) in [5.74, 6) is -0.465. The molecule has 0 saturated carbocycles. The van der Waals surface area contributed by atoms with E-state index in [9.17, 15) is 9.18 Å². The molecule has 86 valence electrons. The Labute approximate surface area is 109 Å². The van der Waals surface area contributed by atoms with Gasteiger partial charge in [-0.2, -0.15) is 0 Å². The smallest absolute Gasteiger partial charge is 0.228 e. The Morgan fingerprint density at radius 2 is 2.19 bits per heavy atom. The number of alkyl halides is 1. The molecule has 1 unspecified atom stereocenters. The zero-order chi connectivity index (χ0) is 11.9. The molecule has 1 aromatic carbocycles. The summed E-state index contributed by atoms with van der Waals surface area (Å²) in [6, 6.07) is 2.56. The highest BCUT2D eigenvalue weighted by Gasteiger charge is 2.30. The Bertz CT molecular complexity index is 453. The van der Waals surface area contributed by atoms with Gasteiger partial charge in [-0.25, -0.2) is 4.39 Å². The van der Waals surface area contributed by atoms with Gasteiger partial charge in [0.1, 0.15) is 5.82 Å². The first-order valence-electron chi connectivity index (χ1n) is 4.68. The lowest BCUT2D eigenvalue weighted by Crippen LogP contribution is -2.25. The highest BCUT2D eigenvalue weighted by molar-refractivity contribution is 9.10. The number of hydrogen-bond acceptors (Lipinski definition) is 2. The topological polar surface area (TPSA) is 46.3 Å². The molecule has 1 aliphatic heterocycles. The number of nitrogen functional groups attached to an aromatic ring is 1. The minimum atomic E-state index is -0.415. The van der Waals surface area contributed by atoms with Crippen LogP contribution in [0.15, 0.2) is 16.6 Å². The normalized spacial score (nSPS) is 20.6. The van der Waals surface area contributed by atoms with Crippen molar-refractivity contribution in [3.8, 4) is 0 Å². The van der Waals surface area contributed by atoms with Gasteiger partial charge in [-0.15, -0.1) is 0 Å². The second-order valence-corrected chi connectivity index (χ2v) is 5.78. The van der Waals surface area contributed by atoms with Crippen LogP contribution >= 0.6 is 31.9 Å². The molecule has 0 spiro atoms. The number of carbonyl (C=O) groups is 1. The maximum Gasteiger partial charge on any atom is 0.228 e. The lowest BCUT2D eigenvalue weighted by molar-refractivity contribution is -0.117. The van der Waals surface area contributed by atoms with Crippen molar-refractivity contribution in [3.05, 3.63) is 22.4 Å². The van der Waals surface area contributed by atoms with E-state index in [1.54, 1.807) is 0 Å². The van der Waals surface area contributed by atoms with Crippen LogP contribution in [0.3, 0.4) is 0 Å². The molecular weight excluding hydrogens is 343 g/mol. The van der Waals surface area contributed by atoms with Gasteiger partial charge in [0.2, 0.25) is 5.91 Å². The van der Waals surface area contributed by atoms with Gasteiger partial charge in [-0.05, 0) is 28.1 Å². The second-order valence-electron chi connectivity index (χ2n) is 3.63. The first-order valence-corrected chi connectivity index (χ1v) is 6.39. The summed E-state index contributed by atoms with van der Waals surface area (Å²) in [6.07, 6.45) is 0.410. The van der Waals surface area contributed by atoms with E-state index in [2.05, 4.69) is 31.9 Å². The van der Waals surface area contributed by atoms with E-state index < -0.39 is 5.82 Å². The van der Waals surface area contributed by atoms with Gasteiger partial charge in [0.05, 0.1) is 11.4 Å². The lowest BCUT2D eigenvalue weighted by Gasteiger charge is -2.19. The fraction of sp³-hybridized carbons (Fsp3) is 0.300. The van der Waals surface area contributed by atoms with Crippen LogP contribution in [-0.4, -0.2) is 17.3 Å². The third-order valence-corrected chi connectivity index (χ3v) is 3.71. The summed E-state index contributed by atoms with van der Waals surface area (Å²) < 4.78 is 13.7. The second kappa shape index (κ2) is 4.33. The predicted octanol–water partition coefficient (Wildman–Crippen LogP) is 2.67. The Morgan fingerprint density at radius 1 is 1.50 bits per heavy atom. The van der Waals surface area contributed by atoms with Crippen LogP contribution in [0.1, 0.15) is 6.42 Å². The van der Waals surface area contributed by atoms with E-state index in [0.717, 1.165) is 0 Å². The molecule has 1 atom stereocenters. The van der Waals surface area contributed by atoms with Crippen LogP contribution in [0.2, 0.25) is 0 Å². The zero-order valence-electron chi connectivity index (χ0n) is 8.21.